The Kier molecular flexibility index (Phi) is 3.32. The SMILES string of the molecule is Cc1nc2ccccc2cc1-c1nnc(-c2ccccc2Cl)o1. The molecule has 0 atom stereocenters. The van der Waals surface area contributed by atoms with Crippen LogP contribution < -0.4 is 0 Å². The van der Waals surface area contributed by atoms with Gasteiger partial charge in [0.1, 0.15) is 0 Å². The molecule has 0 spiro atoms. The smallest absolute Gasteiger partial charge is 0.250 e. The zero-order valence-corrected chi connectivity index (χ0v) is 13.1. The van der Waals surface area contributed by atoms with Crippen molar-refractivity contribution in [2.75, 3.05) is 0 Å². The van der Waals surface area contributed by atoms with E-state index in [4.69, 9.17) is 16.0 Å². The van der Waals surface area contributed by atoms with Crippen LogP contribution in [0.25, 0.3) is 33.8 Å². The zero-order valence-electron chi connectivity index (χ0n) is 12.3. The van der Waals surface area contributed by atoms with E-state index in [1.807, 2.05) is 55.5 Å². The molecule has 0 unspecified atom stereocenters. The number of halogens is 1. The second-order valence-corrected chi connectivity index (χ2v) is 5.61. The van der Waals surface area contributed by atoms with Gasteiger partial charge in [0.05, 0.1) is 27.4 Å². The molecule has 4 rings (SSSR count). The molecule has 0 saturated heterocycles. The summed E-state index contributed by atoms with van der Waals surface area (Å²) in [7, 11) is 0. The van der Waals surface area contributed by atoms with Crippen LogP contribution >= 0.6 is 11.6 Å². The lowest BCUT2D eigenvalue weighted by atomic mass is 10.1. The van der Waals surface area contributed by atoms with Crippen LogP contribution in [-0.2, 0) is 0 Å². The van der Waals surface area contributed by atoms with Crippen LogP contribution in [0.3, 0.4) is 0 Å². The standard InChI is InChI=1S/C18H12ClN3O/c1-11-14(10-12-6-2-5-9-16(12)20-11)18-22-21-17(23-18)13-7-3-4-8-15(13)19/h2-10H,1H3. The van der Waals surface area contributed by atoms with Gasteiger partial charge in [0, 0.05) is 5.39 Å². The molecule has 5 heteroatoms. The maximum atomic E-state index is 6.18. The number of hydrogen-bond donors (Lipinski definition) is 0. The second kappa shape index (κ2) is 5.48. The van der Waals surface area contributed by atoms with Crippen molar-refractivity contribution >= 4 is 22.5 Å². The van der Waals surface area contributed by atoms with E-state index in [0.717, 1.165) is 27.7 Å². The van der Waals surface area contributed by atoms with Crippen molar-refractivity contribution < 1.29 is 4.42 Å². The van der Waals surface area contributed by atoms with Crippen molar-refractivity contribution in [2.24, 2.45) is 0 Å². The molecule has 2 aromatic carbocycles. The largest absolute Gasteiger partial charge is 0.416 e. The van der Waals surface area contributed by atoms with Crippen molar-refractivity contribution in [3.05, 3.63) is 65.3 Å². The van der Waals surface area contributed by atoms with Gasteiger partial charge < -0.3 is 4.42 Å². The van der Waals surface area contributed by atoms with Gasteiger partial charge in [-0.1, -0.05) is 41.9 Å². The Morgan fingerprint density at radius 1 is 0.870 bits per heavy atom. The van der Waals surface area contributed by atoms with E-state index in [-0.39, 0.29) is 0 Å². The highest BCUT2D eigenvalue weighted by atomic mass is 35.5. The average Bonchev–Trinajstić information content (AvgIpc) is 3.04. The summed E-state index contributed by atoms with van der Waals surface area (Å²) < 4.78 is 5.82. The molecule has 0 bridgehead atoms. The van der Waals surface area contributed by atoms with Gasteiger partial charge in [-0.15, -0.1) is 10.2 Å². The number of para-hydroxylation sites is 1. The fraction of sp³-hybridized carbons (Fsp3) is 0.0556. The van der Waals surface area contributed by atoms with Crippen LogP contribution in [0.15, 0.2) is 59.0 Å². The highest BCUT2D eigenvalue weighted by Gasteiger charge is 2.15. The van der Waals surface area contributed by atoms with Crippen LogP contribution in [0.4, 0.5) is 0 Å². The molecular formula is C18H12ClN3O. The third-order valence-corrected chi connectivity index (χ3v) is 4.00. The molecule has 23 heavy (non-hydrogen) atoms. The molecule has 0 fully saturated rings. The van der Waals surface area contributed by atoms with E-state index >= 15 is 0 Å². The van der Waals surface area contributed by atoms with Crippen molar-refractivity contribution in [1.82, 2.24) is 15.2 Å². The van der Waals surface area contributed by atoms with Gasteiger partial charge in [-0.3, -0.25) is 4.98 Å². The third-order valence-electron chi connectivity index (χ3n) is 3.67. The van der Waals surface area contributed by atoms with Gasteiger partial charge in [0.25, 0.3) is 0 Å². The van der Waals surface area contributed by atoms with Gasteiger partial charge in [-0.2, -0.15) is 0 Å². The van der Waals surface area contributed by atoms with E-state index in [1.165, 1.54) is 0 Å². The quantitative estimate of drug-likeness (QED) is 0.526. The molecule has 0 aliphatic heterocycles. The van der Waals surface area contributed by atoms with E-state index in [0.29, 0.717) is 16.8 Å². The topological polar surface area (TPSA) is 51.8 Å². The molecule has 0 saturated carbocycles. The van der Waals surface area contributed by atoms with Crippen LogP contribution in [0.2, 0.25) is 5.02 Å². The summed E-state index contributed by atoms with van der Waals surface area (Å²) >= 11 is 6.18. The molecule has 0 amide bonds. The second-order valence-electron chi connectivity index (χ2n) is 5.21. The normalized spacial score (nSPS) is 11.0. The minimum absolute atomic E-state index is 0.401. The highest BCUT2D eigenvalue weighted by Crippen LogP contribution is 2.30. The Hall–Kier alpha value is -2.72. The summed E-state index contributed by atoms with van der Waals surface area (Å²) in [4.78, 5) is 4.60. The highest BCUT2D eigenvalue weighted by molar-refractivity contribution is 6.33. The van der Waals surface area contributed by atoms with Crippen LogP contribution in [0.5, 0.6) is 0 Å². The van der Waals surface area contributed by atoms with Crippen molar-refractivity contribution in [3.63, 3.8) is 0 Å². The number of rotatable bonds is 2. The fourth-order valence-corrected chi connectivity index (χ4v) is 2.72. The molecule has 0 radical (unpaired) electrons. The predicted octanol–water partition coefficient (Wildman–Crippen LogP) is 4.91. The Bertz CT molecular complexity index is 1010. The van der Waals surface area contributed by atoms with Gasteiger partial charge in [0.15, 0.2) is 0 Å². The molecule has 4 nitrogen and oxygen atoms in total. The van der Waals surface area contributed by atoms with Crippen molar-refractivity contribution in [3.8, 4) is 22.9 Å². The molecule has 112 valence electrons. The van der Waals surface area contributed by atoms with Crippen LogP contribution in [-0.4, -0.2) is 15.2 Å². The first kappa shape index (κ1) is 13.9. The van der Waals surface area contributed by atoms with Crippen molar-refractivity contribution in [2.45, 2.75) is 6.92 Å². The predicted molar refractivity (Wildman–Crippen MR) is 90.2 cm³/mol. The first-order chi connectivity index (χ1) is 11.2. The van der Waals surface area contributed by atoms with E-state index in [2.05, 4.69) is 15.2 Å². The zero-order chi connectivity index (χ0) is 15.8. The monoisotopic (exact) mass is 321 g/mol. The minimum atomic E-state index is 0.401. The lowest BCUT2D eigenvalue weighted by Gasteiger charge is -2.03. The summed E-state index contributed by atoms with van der Waals surface area (Å²) in [5.41, 5.74) is 3.34. The first-order valence-corrected chi connectivity index (χ1v) is 7.55. The first-order valence-electron chi connectivity index (χ1n) is 7.17. The molecule has 2 aromatic heterocycles. The number of hydrogen-bond acceptors (Lipinski definition) is 4. The maximum absolute atomic E-state index is 6.18. The van der Waals surface area contributed by atoms with Crippen LogP contribution in [0.1, 0.15) is 5.69 Å². The fourth-order valence-electron chi connectivity index (χ4n) is 2.50. The number of fused-ring (bicyclic) bond motifs is 1. The summed E-state index contributed by atoms with van der Waals surface area (Å²) in [6, 6.07) is 17.3. The Morgan fingerprint density at radius 2 is 1.57 bits per heavy atom. The summed E-state index contributed by atoms with van der Waals surface area (Å²) in [6.45, 7) is 1.93. The van der Waals surface area contributed by atoms with Crippen molar-refractivity contribution in [1.29, 1.82) is 0 Å². The summed E-state index contributed by atoms with van der Waals surface area (Å²) in [6.07, 6.45) is 0. The molecule has 0 aliphatic carbocycles. The maximum Gasteiger partial charge on any atom is 0.250 e. The number of benzene rings is 2. The molecule has 2 heterocycles. The molecule has 4 aromatic rings. The molecule has 0 N–H and O–H groups in total. The third kappa shape index (κ3) is 2.47. The number of nitrogens with zero attached hydrogens (tertiary/aromatic N) is 3. The average molecular weight is 322 g/mol. The van der Waals surface area contributed by atoms with Crippen LogP contribution in [0, 0.1) is 6.92 Å². The number of aromatic nitrogens is 3. The lowest BCUT2D eigenvalue weighted by molar-refractivity contribution is 0.584. The van der Waals surface area contributed by atoms with E-state index in [9.17, 15) is 0 Å². The van der Waals surface area contributed by atoms with E-state index < -0.39 is 0 Å². The molecular weight excluding hydrogens is 310 g/mol. The summed E-state index contributed by atoms with van der Waals surface area (Å²) in [5.74, 6) is 0.842. The van der Waals surface area contributed by atoms with Gasteiger partial charge in [0.2, 0.25) is 11.8 Å². The number of aryl methyl sites for hydroxylation is 1. The van der Waals surface area contributed by atoms with Gasteiger partial charge in [-0.25, -0.2) is 0 Å². The van der Waals surface area contributed by atoms with Gasteiger partial charge >= 0.3 is 0 Å². The van der Waals surface area contributed by atoms with E-state index in [1.54, 1.807) is 6.07 Å². The Morgan fingerprint density at radius 3 is 2.39 bits per heavy atom. The Labute approximate surface area is 137 Å². The summed E-state index contributed by atoms with van der Waals surface area (Å²) in [5, 5.41) is 9.88. The lowest BCUT2D eigenvalue weighted by Crippen LogP contribution is -1.89. The minimum Gasteiger partial charge on any atom is -0.416 e. The van der Waals surface area contributed by atoms with Gasteiger partial charge in [-0.05, 0) is 31.2 Å². The molecule has 0 aliphatic rings. The Balaban J connectivity index is 1.83. The number of pyridine rings is 1.